The van der Waals surface area contributed by atoms with Crippen LogP contribution in [0.2, 0.25) is 0 Å². The summed E-state index contributed by atoms with van der Waals surface area (Å²) >= 11 is 0. The number of hydrogen-bond donors (Lipinski definition) is 2. The van der Waals surface area contributed by atoms with E-state index in [2.05, 4.69) is 20.2 Å². The van der Waals surface area contributed by atoms with Crippen LogP contribution in [-0.2, 0) is 0 Å². The molecular weight excluding hydrogens is 347 g/mol. The van der Waals surface area contributed by atoms with Gasteiger partial charge in [0, 0.05) is 30.6 Å². The zero-order chi connectivity index (χ0) is 18.4. The third-order valence-corrected chi connectivity index (χ3v) is 6.45. The number of aromatic nitrogens is 2. The Labute approximate surface area is 157 Å². The van der Waals surface area contributed by atoms with Crippen LogP contribution in [0, 0.1) is 17.2 Å². The minimum atomic E-state index is -0.574. The Morgan fingerprint density at radius 3 is 2.74 bits per heavy atom. The fourth-order valence-corrected chi connectivity index (χ4v) is 4.48. The van der Waals surface area contributed by atoms with Crippen LogP contribution in [0.5, 0.6) is 5.75 Å². The van der Waals surface area contributed by atoms with Gasteiger partial charge in [0.15, 0.2) is 0 Å². The van der Waals surface area contributed by atoms with E-state index in [1.807, 2.05) is 0 Å². The lowest BCUT2D eigenvalue weighted by Crippen LogP contribution is -2.60. The average Bonchev–Trinajstić information content (AvgIpc) is 2.58. The highest BCUT2D eigenvalue weighted by atomic mass is 19.1. The molecule has 144 valence electrons. The molecular formula is C20H25FN4O2. The molecule has 2 N–H and O–H groups in total. The van der Waals surface area contributed by atoms with Crippen LogP contribution in [0.15, 0.2) is 16.9 Å². The molecule has 7 heteroatoms. The lowest BCUT2D eigenvalue weighted by molar-refractivity contribution is 0.148. The van der Waals surface area contributed by atoms with E-state index < -0.39 is 11.4 Å². The number of H-pyrrole nitrogens is 1. The van der Waals surface area contributed by atoms with Gasteiger partial charge in [0.05, 0.1) is 12.1 Å². The van der Waals surface area contributed by atoms with Gasteiger partial charge < -0.3 is 15.0 Å². The SMILES string of the molecule is O=c1[nH]c(N2CC3(CCNCC3)C2)nc2cc(OCC3CCC3)cc(F)c12. The number of hydrogen-bond acceptors (Lipinski definition) is 5. The molecule has 2 aromatic rings. The molecule has 3 fully saturated rings. The van der Waals surface area contributed by atoms with Gasteiger partial charge in [-0.1, -0.05) is 6.42 Å². The summed E-state index contributed by atoms with van der Waals surface area (Å²) in [6, 6.07) is 2.99. The van der Waals surface area contributed by atoms with Crippen LogP contribution in [0.3, 0.4) is 0 Å². The number of aromatic amines is 1. The molecule has 5 rings (SSSR count). The summed E-state index contributed by atoms with van der Waals surface area (Å²) < 4.78 is 20.2. The number of piperidine rings is 1. The van der Waals surface area contributed by atoms with Crippen molar-refractivity contribution in [2.24, 2.45) is 11.3 Å². The Kier molecular flexibility index (Phi) is 4.07. The van der Waals surface area contributed by atoms with Crippen molar-refractivity contribution in [1.29, 1.82) is 0 Å². The molecule has 0 atom stereocenters. The molecule has 6 nitrogen and oxygen atoms in total. The second-order valence-corrected chi connectivity index (χ2v) is 8.40. The van der Waals surface area contributed by atoms with Crippen LogP contribution >= 0.6 is 0 Å². The molecule has 1 aliphatic carbocycles. The maximum absolute atomic E-state index is 14.5. The van der Waals surface area contributed by atoms with E-state index >= 15 is 0 Å². The summed E-state index contributed by atoms with van der Waals surface area (Å²) in [6.07, 6.45) is 5.88. The van der Waals surface area contributed by atoms with Crippen LogP contribution in [0.1, 0.15) is 32.1 Å². The number of halogens is 1. The van der Waals surface area contributed by atoms with Gasteiger partial charge in [0.25, 0.3) is 5.56 Å². The normalized spacial score (nSPS) is 21.9. The van der Waals surface area contributed by atoms with E-state index in [9.17, 15) is 9.18 Å². The number of benzene rings is 1. The van der Waals surface area contributed by atoms with Gasteiger partial charge in [-0.05, 0) is 44.7 Å². The molecule has 1 saturated carbocycles. The van der Waals surface area contributed by atoms with E-state index in [4.69, 9.17) is 4.74 Å². The standard InChI is InChI=1S/C20H25FN4O2/c21-15-8-14(27-10-13-2-1-3-13)9-16-17(15)18(26)24-19(23-16)25-11-20(12-25)4-6-22-7-5-20/h8-9,13,22H,1-7,10-12H2,(H,23,24,26). The monoisotopic (exact) mass is 372 g/mol. The molecule has 1 spiro atoms. The smallest absolute Gasteiger partial charge is 0.263 e. The number of anilines is 1. The summed E-state index contributed by atoms with van der Waals surface area (Å²) in [4.78, 5) is 21.9. The summed E-state index contributed by atoms with van der Waals surface area (Å²) in [6.45, 7) is 4.47. The molecule has 0 amide bonds. The average molecular weight is 372 g/mol. The maximum Gasteiger partial charge on any atom is 0.263 e. The number of ether oxygens (including phenoxy) is 1. The van der Waals surface area contributed by atoms with Gasteiger partial charge >= 0.3 is 0 Å². The topological polar surface area (TPSA) is 70.2 Å². The minimum Gasteiger partial charge on any atom is -0.493 e. The minimum absolute atomic E-state index is 0.00634. The molecule has 0 unspecified atom stereocenters. The van der Waals surface area contributed by atoms with Crippen LogP contribution in [0.4, 0.5) is 10.3 Å². The van der Waals surface area contributed by atoms with Gasteiger partial charge in [-0.25, -0.2) is 9.37 Å². The van der Waals surface area contributed by atoms with Crippen molar-refractivity contribution in [1.82, 2.24) is 15.3 Å². The predicted molar refractivity (Wildman–Crippen MR) is 102 cm³/mol. The Morgan fingerprint density at radius 1 is 1.26 bits per heavy atom. The van der Waals surface area contributed by atoms with Crippen molar-refractivity contribution in [2.45, 2.75) is 32.1 Å². The Morgan fingerprint density at radius 2 is 2.04 bits per heavy atom. The summed E-state index contributed by atoms with van der Waals surface area (Å²) in [7, 11) is 0. The van der Waals surface area contributed by atoms with Crippen LogP contribution in [0.25, 0.3) is 10.9 Å². The van der Waals surface area contributed by atoms with Crippen LogP contribution < -0.4 is 20.5 Å². The van der Waals surface area contributed by atoms with Crippen molar-refractivity contribution >= 4 is 16.9 Å². The first-order valence-electron chi connectivity index (χ1n) is 9.94. The molecule has 0 bridgehead atoms. The fourth-order valence-electron chi connectivity index (χ4n) is 4.48. The number of nitrogens with one attached hydrogen (secondary N) is 2. The molecule has 1 aromatic heterocycles. The predicted octanol–water partition coefficient (Wildman–Crippen LogP) is 2.43. The summed E-state index contributed by atoms with van der Waals surface area (Å²) in [5, 5.41) is 3.40. The first kappa shape index (κ1) is 17.0. The van der Waals surface area contributed by atoms with E-state index in [-0.39, 0.29) is 5.39 Å². The van der Waals surface area contributed by atoms with E-state index in [0.717, 1.165) is 39.0 Å². The number of nitrogens with zero attached hydrogens (tertiary/aromatic N) is 2. The summed E-state index contributed by atoms with van der Waals surface area (Å²) in [5.74, 6) is 0.977. The third-order valence-electron chi connectivity index (χ3n) is 6.45. The first-order chi connectivity index (χ1) is 13.1. The lowest BCUT2D eigenvalue weighted by atomic mass is 9.72. The second-order valence-electron chi connectivity index (χ2n) is 8.40. The molecule has 3 aliphatic rings. The molecule has 2 aliphatic heterocycles. The number of fused-ring (bicyclic) bond motifs is 1. The molecule has 3 heterocycles. The van der Waals surface area contributed by atoms with Crippen molar-refractivity contribution in [3.05, 3.63) is 28.3 Å². The summed E-state index contributed by atoms with van der Waals surface area (Å²) in [5.41, 5.74) is 0.269. The zero-order valence-corrected chi connectivity index (χ0v) is 15.4. The molecule has 27 heavy (non-hydrogen) atoms. The molecule has 1 aromatic carbocycles. The second kappa shape index (κ2) is 6.48. The fraction of sp³-hybridized carbons (Fsp3) is 0.600. The van der Waals surface area contributed by atoms with Crippen molar-refractivity contribution in [3.8, 4) is 5.75 Å². The highest BCUT2D eigenvalue weighted by Crippen LogP contribution is 2.40. The quantitative estimate of drug-likeness (QED) is 0.863. The van der Waals surface area contributed by atoms with Crippen molar-refractivity contribution in [2.75, 3.05) is 37.7 Å². The van der Waals surface area contributed by atoms with E-state index in [1.165, 1.54) is 25.3 Å². The highest BCUT2D eigenvalue weighted by molar-refractivity contribution is 5.81. The largest absolute Gasteiger partial charge is 0.493 e. The van der Waals surface area contributed by atoms with Crippen molar-refractivity contribution in [3.63, 3.8) is 0 Å². The van der Waals surface area contributed by atoms with E-state index in [0.29, 0.717) is 35.2 Å². The van der Waals surface area contributed by atoms with Gasteiger partial charge in [-0.3, -0.25) is 9.78 Å². The third kappa shape index (κ3) is 3.08. The number of rotatable bonds is 4. The van der Waals surface area contributed by atoms with Crippen molar-refractivity contribution < 1.29 is 9.13 Å². The van der Waals surface area contributed by atoms with Gasteiger partial charge in [0.1, 0.15) is 17.0 Å². The van der Waals surface area contributed by atoms with Crippen LogP contribution in [-0.4, -0.2) is 42.8 Å². The zero-order valence-electron chi connectivity index (χ0n) is 15.4. The Bertz CT molecular complexity index is 910. The molecule has 0 radical (unpaired) electrons. The molecule has 2 saturated heterocycles. The van der Waals surface area contributed by atoms with Gasteiger partial charge in [-0.15, -0.1) is 0 Å². The Balaban J connectivity index is 1.40. The van der Waals surface area contributed by atoms with E-state index in [1.54, 1.807) is 6.07 Å². The van der Waals surface area contributed by atoms with Gasteiger partial charge in [0.2, 0.25) is 5.95 Å². The Hall–Kier alpha value is -2.15. The highest BCUT2D eigenvalue weighted by Gasteiger charge is 2.44. The maximum atomic E-state index is 14.5. The first-order valence-corrected chi connectivity index (χ1v) is 9.94. The lowest BCUT2D eigenvalue weighted by Gasteiger charge is -2.52. The van der Waals surface area contributed by atoms with Gasteiger partial charge in [-0.2, -0.15) is 0 Å².